The van der Waals surface area contributed by atoms with Gasteiger partial charge in [-0.05, 0) is 63.8 Å². The maximum atomic E-state index is 6.30. The highest BCUT2D eigenvalue weighted by atomic mass is 79.9. The lowest BCUT2D eigenvalue weighted by atomic mass is 9.86. The lowest BCUT2D eigenvalue weighted by Gasteiger charge is -2.29. The molecule has 0 amide bonds. The van der Waals surface area contributed by atoms with Crippen LogP contribution >= 0.6 is 15.9 Å². The van der Waals surface area contributed by atoms with Crippen molar-refractivity contribution in [2.24, 2.45) is 5.92 Å². The number of nitrogens with one attached hydrogen (secondary N) is 1. The fourth-order valence-corrected chi connectivity index (χ4v) is 3.34. The molecule has 0 spiro atoms. The Morgan fingerprint density at radius 1 is 1.30 bits per heavy atom. The molecule has 0 heterocycles. The van der Waals surface area contributed by atoms with Crippen molar-refractivity contribution in [3.63, 3.8) is 0 Å². The molecule has 1 fully saturated rings. The van der Waals surface area contributed by atoms with Gasteiger partial charge >= 0.3 is 0 Å². The molecular weight excluding hydrogens is 314 g/mol. The molecule has 1 aromatic rings. The fraction of sp³-hybridized carbons (Fsp3) is 0.647. The summed E-state index contributed by atoms with van der Waals surface area (Å²) in [6.07, 6.45) is 6.72. The summed E-state index contributed by atoms with van der Waals surface area (Å²) in [7, 11) is 1.99. The van der Waals surface area contributed by atoms with Gasteiger partial charge in [-0.15, -0.1) is 0 Å². The van der Waals surface area contributed by atoms with Crippen molar-refractivity contribution in [2.45, 2.75) is 58.1 Å². The molecule has 0 bridgehead atoms. The van der Waals surface area contributed by atoms with Gasteiger partial charge in [0.1, 0.15) is 5.75 Å². The zero-order chi connectivity index (χ0) is 14.5. The first-order valence-corrected chi connectivity index (χ1v) is 8.56. The Hall–Kier alpha value is -0.540. The minimum Gasteiger partial charge on any atom is -0.490 e. The van der Waals surface area contributed by atoms with Crippen molar-refractivity contribution in [3.05, 3.63) is 28.2 Å². The van der Waals surface area contributed by atoms with Crippen LogP contribution in [-0.2, 0) is 0 Å². The van der Waals surface area contributed by atoms with Gasteiger partial charge in [-0.25, -0.2) is 0 Å². The SMILES string of the molecule is CCC1CCC(Oc2ccc(Br)cc2C(C)NC)CC1. The van der Waals surface area contributed by atoms with Crippen molar-refractivity contribution in [2.75, 3.05) is 7.05 Å². The predicted octanol–water partition coefficient (Wildman–Crippen LogP) is 5.08. The molecule has 20 heavy (non-hydrogen) atoms. The van der Waals surface area contributed by atoms with Gasteiger partial charge in [0.05, 0.1) is 6.10 Å². The molecule has 112 valence electrons. The molecule has 1 aliphatic rings. The molecule has 0 saturated heterocycles. The largest absolute Gasteiger partial charge is 0.490 e. The maximum Gasteiger partial charge on any atom is 0.124 e. The van der Waals surface area contributed by atoms with Crippen molar-refractivity contribution in [1.29, 1.82) is 0 Å². The molecule has 1 N–H and O–H groups in total. The van der Waals surface area contributed by atoms with Crippen LogP contribution in [0.5, 0.6) is 5.75 Å². The molecule has 1 unspecified atom stereocenters. The van der Waals surface area contributed by atoms with Gasteiger partial charge in [0, 0.05) is 16.1 Å². The zero-order valence-corrected chi connectivity index (χ0v) is 14.4. The van der Waals surface area contributed by atoms with Crippen LogP contribution in [0.25, 0.3) is 0 Å². The van der Waals surface area contributed by atoms with Crippen LogP contribution in [0.15, 0.2) is 22.7 Å². The molecular formula is C17H26BrNO. The van der Waals surface area contributed by atoms with Gasteiger partial charge in [-0.3, -0.25) is 0 Å². The lowest BCUT2D eigenvalue weighted by Crippen LogP contribution is -2.25. The molecule has 0 aromatic heterocycles. The van der Waals surface area contributed by atoms with E-state index in [1.165, 1.54) is 37.7 Å². The van der Waals surface area contributed by atoms with E-state index in [1.807, 2.05) is 7.05 Å². The van der Waals surface area contributed by atoms with Crippen molar-refractivity contribution < 1.29 is 4.74 Å². The van der Waals surface area contributed by atoms with Crippen LogP contribution in [0, 0.1) is 5.92 Å². The number of benzene rings is 1. The predicted molar refractivity (Wildman–Crippen MR) is 88.3 cm³/mol. The van der Waals surface area contributed by atoms with E-state index < -0.39 is 0 Å². The smallest absolute Gasteiger partial charge is 0.124 e. The van der Waals surface area contributed by atoms with Crippen molar-refractivity contribution >= 4 is 15.9 Å². The molecule has 1 aromatic carbocycles. The second kappa shape index (κ2) is 7.46. The topological polar surface area (TPSA) is 21.3 Å². The third kappa shape index (κ3) is 3.98. The van der Waals surface area contributed by atoms with Crippen LogP contribution in [0.2, 0.25) is 0 Å². The van der Waals surface area contributed by atoms with E-state index in [4.69, 9.17) is 4.74 Å². The Kier molecular flexibility index (Phi) is 5.91. The highest BCUT2D eigenvalue weighted by Gasteiger charge is 2.22. The summed E-state index contributed by atoms with van der Waals surface area (Å²) in [6, 6.07) is 6.63. The van der Waals surface area contributed by atoms with Gasteiger partial charge in [-0.2, -0.15) is 0 Å². The molecule has 0 radical (unpaired) electrons. The van der Waals surface area contributed by atoms with Crippen molar-refractivity contribution in [3.8, 4) is 5.75 Å². The zero-order valence-electron chi connectivity index (χ0n) is 12.8. The molecule has 1 aliphatic carbocycles. The lowest BCUT2D eigenvalue weighted by molar-refractivity contribution is 0.128. The van der Waals surface area contributed by atoms with Gasteiger partial charge in [-0.1, -0.05) is 29.3 Å². The van der Waals surface area contributed by atoms with Gasteiger partial charge in [0.15, 0.2) is 0 Å². The fourth-order valence-electron chi connectivity index (χ4n) is 2.96. The summed E-state index contributed by atoms with van der Waals surface area (Å²) in [5.74, 6) is 1.95. The third-order valence-electron chi connectivity index (χ3n) is 4.54. The Bertz CT molecular complexity index is 427. The Morgan fingerprint density at radius 2 is 2.00 bits per heavy atom. The van der Waals surface area contributed by atoms with E-state index in [0.29, 0.717) is 12.1 Å². The van der Waals surface area contributed by atoms with Crippen molar-refractivity contribution in [1.82, 2.24) is 5.32 Å². The molecule has 2 rings (SSSR count). The Labute approximate surface area is 131 Å². The van der Waals surface area contributed by atoms with E-state index >= 15 is 0 Å². The van der Waals surface area contributed by atoms with E-state index in [-0.39, 0.29) is 0 Å². The first kappa shape index (κ1) is 15.8. The van der Waals surface area contributed by atoms with E-state index in [0.717, 1.165) is 16.1 Å². The van der Waals surface area contributed by atoms with Crippen LogP contribution in [0.4, 0.5) is 0 Å². The highest BCUT2D eigenvalue weighted by Crippen LogP contribution is 2.33. The third-order valence-corrected chi connectivity index (χ3v) is 5.03. The number of halogens is 1. The Balaban J connectivity index is 2.05. The first-order valence-electron chi connectivity index (χ1n) is 7.77. The van der Waals surface area contributed by atoms with Gasteiger partial charge in [0.25, 0.3) is 0 Å². The van der Waals surface area contributed by atoms with Crippen LogP contribution in [0.3, 0.4) is 0 Å². The van der Waals surface area contributed by atoms with E-state index in [9.17, 15) is 0 Å². The quantitative estimate of drug-likeness (QED) is 0.807. The second-order valence-electron chi connectivity index (χ2n) is 5.86. The molecule has 1 atom stereocenters. The van der Waals surface area contributed by atoms with Crippen LogP contribution in [-0.4, -0.2) is 13.2 Å². The average molecular weight is 340 g/mol. The second-order valence-corrected chi connectivity index (χ2v) is 6.78. The number of hydrogen-bond acceptors (Lipinski definition) is 2. The summed E-state index contributed by atoms with van der Waals surface area (Å²) >= 11 is 3.55. The van der Waals surface area contributed by atoms with Crippen LogP contribution < -0.4 is 10.1 Å². The summed E-state index contributed by atoms with van der Waals surface area (Å²) < 4.78 is 7.40. The average Bonchev–Trinajstić information content (AvgIpc) is 2.49. The minimum atomic E-state index is 0.300. The number of ether oxygens (including phenoxy) is 1. The minimum absolute atomic E-state index is 0.300. The number of rotatable bonds is 5. The van der Waals surface area contributed by atoms with Gasteiger partial charge < -0.3 is 10.1 Å². The summed E-state index contributed by atoms with van der Waals surface area (Å²) in [6.45, 7) is 4.47. The normalized spacial score (nSPS) is 24.4. The monoisotopic (exact) mass is 339 g/mol. The first-order chi connectivity index (χ1) is 9.63. The molecule has 2 nitrogen and oxygen atoms in total. The molecule has 0 aliphatic heterocycles. The van der Waals surface area contributed by atoms with Gasteiger partial charge in [0.2, 0.25) is 0 Å². The summed E-state index contributed by atoms with van der Waals surface area (Å²) in [4.78, 5) is 0. The standard InChI is InChI=1S/C17H26BrNO/c1-4-13-5-8-15(9-6-13)20-17-10-7-14(18)11-16(17)12(2)19-3/h7,10-13,15,19H,4-6,8-9H2,1-3H3. The van der Waals surface area contributed by atoms with E-state index in [2.05, 4.69) is 53.3 Å². The highest BCUT2D eigenvalue weighted by molar-refractivity contribution is 9.10. The van der Waals surface area contributed by atoms with Crippen LogP contribution in [0.1, 0.15) is 57.6 Å². The maximum absolute atomic E-state index is 6.30. The Morgan fingerprint density at radius 3 is 2.60 bits per heavy atom. The van der Waals surface area contributed by atoms with E-state index in [1.54, 1.807) is 0 Å². The summed E-state index contributed by atoms with van der Waals surface area (Å²) in [5.41, 5.74) is 1.24. The summed E-state index contributed by atoms with van der Waals surface area (Å²) in [5, 5.41) is 3.30. The number of hydrogen-bond donors (Lipinski definition) is 1. The molecule has 1 saturated carbocycles. The molecule has 3 heteroatoms.